The van der Waals surface area contributed by atoms with Crippen LogP contribution in [-0.2, 0) is 0 Å². The van der Waals surface area contributed by atoms with Crippen LogP contribution in [0.1, 0.15) is 11.8 Å². The van der Waals surface area contributed by atoms with Gasteiger partial charge in [0.25, 0.3) is 0 Å². The van der Waals surface area contributed by atoms with Gasteiger partial charge in [-0.1, -0.05) is 121 Å². The molecule has 1 aliphatic heterocycles. The predicted molar refractivity (Wildman–Crippen MR) is 167 cm³/mol. The van der Waals surface area contributed by atoms with Gasteiger partial charge in [0.05, 0.1) is 17.1 Å². The fourth-order valence-corrected chi connectivity index (χ4v) is 5.64. The third-order valence-electron chi connectivity index (χ3n) is 7.70. The van der Waals surface area contributed by atoms with Crippen LogP contribution in [0.4, 0.5) is 5.69 Å². The largest absolute Gasteiger partial charge is 0.464 e. The van der Waals surface area contributed by atoms with Gasteiger partial charge in [-0.2, -0.15) is 0 Å². The maximum Gasteiger partial charge on any atom is 0.196 e. The summed E-state index contributed by atoms with van der Waals surface area (Å²) in [5.41, 5.74) is 6.96. The van der Waals surface area contributed by atoms with Gasteiger partial charge < -0.3 is 10.1 Å². The Morgan fingerprint density at radius 3 is 1.90 bits per heavy atom. The molecule has 8 rings (SSSR count). The lowest BCUT2D eigenvalue weighted by atomic mass is 9.97. The number of fused-ring (bicyclic) bond motifs is 5. The summed E-state index contributed by atoms with van der Waals surface area (Å²) in [6.45, 7) is 0. The van der Waals surface area contributed by atoms with E-state index in [0.717, 1.165) is 66.6 Å². The summed E-state index contributed by atoms with van der Waals surface area (Å²) in [7, 11) is 0. The Kier molecular flexibility index (Phi) is 5.49. The first kappa shape index (κ1) is 23.4. The smallest absolute Gasteiger partial charge is 0.196 e. The van der Waals surface area contributed by atoms with Gasteiger partial charge in [0.1, 0.15) is 0 Å². The van der Waals surface area contributed by atoms with E-state index < -0.39 is 0 Å². The lowest BCUT2D eigenvalue weighted by Gasteiger charge is -2.13. The number of nitrogens with zero attached hydrogens (tertiary/aromatic N) is 2. The molecule has 194 valence electrons. The van der Waals surface area contributed by atoms with Crippen LogP contribution in [0.3, 0.4) is 0 Å². The Hall–Kier alpha value is -5.48. The minimum absolute atomic E-state index is 0.223. The average molecular weight is 528 g/mol. The molecule has 1 aromatic heterocycles. The summed E-state index contributed by atoms with van der Waals surface area (Å²) in [4.78, 5) is 10.0. The average Bonchev–Trinajstić information content (AvgIpc) is 3.50. The fraction of sp³-hybridized carbons (Fsp3) is 0.0270. The summed E-state index contributed by atoms with van der Waals surface area (Å²) in [6, 6.07) is 48.0. The molecule has 0 amide bonds. The molecule has 0 saturated heterocycles. The molecule has 4 heteroatoms. The molecule has 1 aliphatic rings. The second-order valence-electron chi connectivity index (χ2n) is 10.3. The van der Waals surface area contributed by atoms with E-state index in [2.05, 4.69) is 90.2 Å². The molecule has 2 heterocycles. The zero-order chi connectivity index (χ0) is 27.2. The molecule has 0 saturated carbocycles. The molecule has 7 aromatic rings. The van der Waals surface area contributed by atoms with Gasteiger partial charge in [-0.15, -0.1) is 0 Å². The summed E-state index contributed by atoms with van der Waals surface area (Å²) in [5, 5.41) is 8.10. The van der Waals surface area contributed by atoms with Crippen molar-refractivity contribution in [3.05, 3.63) is 145 Å². The van der Waals surface area contributed by atoms with Crippen molar-refractivity contribution in [1.29, 1.82) is 0 Å². The number of hydrogen-bond donors (Lipinski definition) is 1. The normalized spacial score (nSPS) is 14.0. The van der Waals surface area contributed by atoms with Gasteiger partial charge >= 0.3 is 0 Å². The zero-order valence-electron chi connectivity index (χ0n) is 22.2. The fourth-order valence-electron chi connectivity index (χ4n) is 5.64. The highest BCUT2D eigenvalue weighted by atomic mass is 16.5. The minimum atomic E-state index is -0.223. The lowest BCUT2D eigenvalue weighted by Crippen LogP contribution is -2.09. The highest BCUT2D eigenvalue weighted by Crippen LogP contribution is 2.46. The summed E-state index contributed by atoms with van der Waals surface area (Å²) < 4.78 is 6.58. The lowest BCUT2D eigenvalue weighted by molar-refractivity contribution is 0.263. The Morgan fingerprint density at radius 1 is 0.537 bits per heavy atom. The molecule has 1 atom stereocenters. The van der Waals surface area contributed by atoms with E-state index in [1.807, 2.05) is 54.6 Å². The quantitative estimate of drug-likeness (QED) is 0.232. The summed E-state index contributed by atoms with van der Waals surface area (Å²) in [6.07, 6.45) is -0.223. The molecule has 0 bridgehead atoms. The van der Waals surface area contributed by atoms with Crippen molar-refractivity contribution >= 4 is 27.2 Å². The van der Waals surface area contributed by atoms with Crippen molar-refractivity contribution in [1.82, 2.24) is 9.97 Å². The van der Waals surface area contributed by atoms with E-state index in [0.29, 0.717) is 5.82 Å². The molecule has 1 N–H and O–H groups in total. The molecule has 0 aliphatic carbocycles. The van der Waals surface area contributed by atoms with Crippen LogP contribution in [0.2, 0.25) is 0 Å². The third kappa shape index (κ3) is 4.17. The Bertz CT molecular complexity index is 1980. The monoisotopic (exact) mass is 527 g/mol. The van der Waals surface area contributed by atoms with Gasteiger partial charge in [0.2, 0.25) is 0 Å². The maximum atomic E-state index is 6.58. The van der Waals surface area contributed by atoms with Crippen molar-refractivity contribution in [3.8, 4) is 39.7 Å². The van der Waals surface area contributed by atoms with Crippen molar-refractivity contribution in [2.24, 2.45) is 0 Å². The highest BCUT2D eigenvalue weighted by molar-refractivity contribution is 6.13. The Labute approximate surface area is 237 Å². The number of benzene rings is 6. The number of ether oxygens (including phenoxy) is 1. The van der Waals surface area contributed by atoms with Crippen LogP contribution in [0.5, 0.6) is 5.75 Å². The number of nitrogens with one attached hydrogen (secondary N) is 1. The van der Waals surface area contributed by atoms with E-state index >= 15 is 0 Å². The van der Waals surface area contributed by atoms with Crippen LogP contribution in [0, 0.1) is 0 Å². The highest BCUT2D eigenvalue weighted by Gasteiger charge is 2.26. The molecule has 4 nitrogen and oxygen atoms in total. The van der Waals surface area contributed by atoms with Crippen molar-refractivity contribution in [2.45, 2.75) is 6.23 Å². The molecular weight excluding hydrogens is 502 g/mol. The number of anilines is 1. The van der Waals surface area contributed by atoms with E-state index in [4.69, 9.17) is 14.7 Å². The number of rotatable bonds is 4. The van der Waals surface area contributed by atoms with Gasteiger partial charge in [-0.05, 0) is 34.4 Å². The van der Waals surface area contributed by atoms with E-state index in [9.17, 15) is 0 Å². The Balaban J connectivity index is 1.31. The zero-order valence-corrected chi connectivity index (χ0v) is 22.2. The van der Waals surface area contributed by atoms with Gasteiger partial charge in [0.15, 0.2) is 17.8 Å². The van der Waals surface area contributed by atoms with Crippen molar-refractivity contribution < 1.29 is 4.74 Å². The molecule has 1 unspecified atom stereocenters. The first-order valence-corrected chi connectivity index (χ1v) is 13.8. The van der Waals surface area contributed by atoms with E-state index in [1.54, 1.807) is 0 Å². The molecule has 6 aromatic carbocycles. The van der Waals surface area contributed by atoms with Crippen LogP contribution in [0.25, 0.3) is 55.4 Å². The summed E-state index contributed by atoms with van der Waals surface area (Å²) >= 11 is 0. The SMILES string of the molecule is c1ccc(-c2cc(-c3ccc4ccc5ccc6c(c5c4c3)OC(c3ccccc3)N6)nc(-c3ccccc3)n2)cc1. The molecule has 0 radical (unpaired) electrons. The topological polar surface area (TPSA) is 47.0 Å². The van der Waals surface area contributed by atoms with Crippen molar-refractivity contribution in [3.63, 3.8) is 0 Å². The molecular formula is C37H25N3O. The van der Waals surface area contributed by atoms with Crippen LogP contribution in [-0.4, -0.2) is 9.97 Å². The first-order chi connectivity index (χ1) is 20.3. The molecule has 0 spiro atoms. The second-order valence-corrected chi connectivity index (χ2v) is 10.3. The maximum absolute atomic E-state index is 6.58. The second kappa shape index (κ2) is 9.61. The molecule has 0 fully saturated rings. The first-order valence-electron chi connectivity index (χ1n) is 13.8. The summed E-state index contributed by atoms with van der Waals surface area (Å²) in [5.74, 6) is 1.59. The number of hydrogen-bond acceptors (Lipinski definition) is 4. The molecule has 41 heavy (non-hydrogen) atoms. The Morgan fingerprint density at radius 2 is 1.15 bits per heavy atom. The standard InChI is InChI=1S/C37H25N3O/c1-4-10-25(11-5-1)32-23-33(39-36(38-32)27-12-6-2-7-13-27)29-19-17-24-16-18-26-20-21-31-35(34(26)30(24)22-29)41-37(40-31)28-14-8-3-9-15-28/h1-23,37,40H. The third-order valence-corrected chi connectivity index (χ3v) is 7.70. The van der Waals surface area contributed by atoms with Crippen molar-refractivity contribution in [2.75, 3.05) is 5.32 Å². The number of aromatic nitrogens is 2. The van der Waals surface area contributed by atoms with Crippen LogP contribution < -0.4 is 10.1 Å². The van der Waals surface area contributed by atoms with Crippen LogP contribution >= 0.6 is 0 Å². The minimum Gasteiger partial charge on any atom is -0.464 e. The van der Waals surface area contributed by atoms with E-state index in [-0.39, 0.29) is 6.23 Å². The van der Waals surface area contributed by atoms with Gasteiger partial charge in [-0.25, -0.2) is 9.97 Å². The van der Waals surface area contributed by atoms with Gasteiger partial charge in [0, 0.05) is 27.6 Å². The van der Waals surface area contributed by atoms with Gasteiger partial charge in [-0.3, -0.25) is 0 Å². The van der Waals surface area contributed by atoms with Crippen LogP contribution in [0.15, 0.2) is 140 Å². The predicted octanol–water partition coefficient (Wildman–Crippen LogP) is 9.29. The van der Waals surface area contributed by atoms with E-state index in [1.165, 1.54) is 0 Å².